The van der Waals surface area contributed by atoms with Crippen molar-refractivity contribution in [2.75, 3.05) is 41.7 Å². The van der Waals surface area contributed by atoms with Crippen LogP contribution in [-0.2, 0) is 4.79 Å². The third kappa shape index (κ3) is 5.63. The van der Waals surface area contributed by atoms with Crippen molar-refractivity contribution in [3.63, 3.8) is 0 Å². The number of aromatic nitrogens is 4. The number of carbonyl (C=O) groups is 1. The van der Waals surface area contributed by atoms with Crippen molar-refractivity contribution in [2.24, 2.45) is 0 Å². The summed E-state index contributed by atoms with van der Waals surface area (Å²) in [5.41, 5.74) is 1.90. The average Bonchev–Trinajstić information content (AvgIpc) is 3.59. The first-order chi connectivity index (χ1) is 16.2. The Hall–Kier alpha value is -3.11. The maximum atomic E-state index is 11.6. The Balaban J connectivity index is 1.36. The Morgan fingerprint density at radius 3 is 2.67 bits per heavy atom. The molecule has 2 fully saturated rings. The van der Waals surface area contributed by atoms with Crippen LogP contribution in [0.5, 0.6) is 0 Å². The molecule has 2 aromatic heterocycles. The first-order valence-corrected chi connectivity index (χ1v) is 12.2. The Kier molecular flexibility index (Phi) is 6.45. The van der Waals surface area contributed by atoms with Gasteiger partial charge in [0.2, 0.25) is 5.91 Å². The molecule has 4 N–H and O–H groups in total. The quantitative estimate of drug-likeness (QED) is 0.373. The van der Waals surface area contributed by atoms with Crippen molar-refractivity contribution in [3.8, 4) is 0 Å². The molecular weight excluding hydrogens is 436 g/mol. The monoisotopic (exact) mass is 464 g/mol. The highest BCUT2D eigenvalue weighted by Gasteiger charge is 2.26. The van der Waals surface area contributed by atoms with Gasteiger partial charge in [0.25, 0.3) is 0 Å². The maximum absolute atomic E-state index is 11.6. The van der Waals surface area contributed by atoms with E-state index in [9.17, 15) is 4.79 Å². The molecule has 172 valence electrons. The van der Waals surface area contributed by atoms with E-state index in [2.05, 4.69) is 37.1 Å². The molecule has 0 unspecified atom stereocenters. The van der Waals surface area contributed by atoms with Gasteiger partial charge in [-0.05, 0) is 48.9 Å². The highest BCUT2D eigenvalue weighted by Crippen LogP contribution is 2.39. The molecule has 0 atom stereocenters. The number of amides is 1. The van der Waals surface area contributed by atoms with Gasteiger partial charge < -0.3 is 20.9 Å². The lowest BCUT2D eigenvalue weighted by atomic mass is 10.3. The number of anilines is 4. The lowest BCUT2D eigenvalue weighted by Crippen LogP contribution is -2.44. The summed E-state index contributed by atoms with van der Waals surface area (Å²) < 4.78 is 0. The molecule has 2 aliphatic rings. The van der Waals surface area contributed by atoms with E-state index in [0.29, 0.717) is 17.5 Å². The van der Waals surface area contributed by atoms with Crippen LogP contribution < -0.4 is 20.9 Å². The van der Waals surface area contributed by atoms with Crippen LogP contribution in [0.2, 0.25) is 0 Å². The Bertz CT molecular complexity index is 1110. The molecule has 9 nitrogen and oxygen atoms in total. The molecule has 5 rings (SSSR count). The number of aromatic amines is 1. The standard InChI is InChI=1S/C23H28N8OS/c1-2-22(32)25-16-5-7-17(8-6-16)33-23-27-19(14-21(28-23)31-11-9-24-10-12-31)26-20-13-18(29-30-20)15-3-4-15/h5-8,13-15,24H,2-4,9-12H2,1H3,(H,25,32)(H2,26,27,28,29,30). The molecule has 33 heavy (non-hydrogen) atoms. The zero-order valence-corrected chi connectivity index (χ0v) is 19.4. The Morgan fingerprint density at radius 2 is 1.94 bits per heavy atom. The number of carbonyl (C=O) groups excluding carboxylic acids is 1. The van der Waals surface area contributed by atoms with Gasteiger partial charge in [-0.15, -0.1) is 0 Å². The van der Waals surface area contributed by atoms with E-state index in [0.717, 1.165) is 59.9 Å². The second kappa shape index (κ2) is 9.80. The van der Waals surface area contributed by atoms with Crippen molar-refractivity contribution in [1.29, 1.82) is 0 Å². The van der Waals surface area contributed by atoms with Crippen LogP contribution in [-0.4, -0.2) is 52.3 Å². The molecule has 1 aromatic carbocycles. The third-order valence-corrected chi connectivity index (χ3v) is 6.53. The number of nitrogens with zero attached hydrogens (tertiary/aromatic N) is 4. The van der Waals surface area contributed by atoms with E-state index >= 15 is 0 Å². The fraction of sp³-hybridized carbons (Fsp3) is 0.391. The summed E-state index contributed by atoms with van der Waals surface area (Å²) in [6.07, 6.45) is 2.89. The number of hydrogen-bond donors (Lipinski definition) is 4. The predicted molar refractivity (Wildman–Crippen MR) is 130 cm³/mol. The summed E-state index contributed by atoms with van der Waals surface area (Å²) in [5, 5.41) is 17.8. The summed E-state index contributed by atoms with van der Waals surface area (Å²) >= 11 is 1.50. The first-order valence-electron chi connectivity index (χ1n) is 11.4. The number of nitrogens with one attached hydrogen (secondary N) is 4. The molecule has 10 heteroatoms. The van der Waals surface area contributed by atoms with E-state index in [4.69, 9.17) is 9.97 Å². The first kappa shape index (κ1) is 21.7. The molecule has 1 amide bonds. The largest absolute Gasteiger partial charge is 0.354 e. The van der Waals surface area contributed by atoms with Gasteiger partial charge in [0, 0.05) is 61.2 Å². The van der Waals surface area contributed by atoms with E-state index in [1.165, 1.54) is 24.6 Å². The highest BCUT2D eigenvalue weighted by molar-refractivity contribution is 7.99. The van der Waals surface area contributed by atoms with Crippen molar-refractivity contribution in [2.45, 2.75) is 42.2 Å². The zero-order chi connectivity index (χ0) is 22.6. The molecule has 3 aromatic rings. The molecule has 1 saturated carbocycles. The summed E-state index contributed by atoms with van der Waals surface area (Å²) in [5.74, 6) is 3.08. The number of H-pyrrole nitrogens is 1. The molecule has 0 radical (unpaired) electrons. The molecular formula is C23H28N8OS. The van der Waals surface area contributed by atoms with Crippen molar-refractivity contribution >= 4 is 40.8 Å². The lowest BCUT2D eigenvalue weighted by Gasteiger charge is -2.28. The second-order valence-electron chi connectivity index (χ2n) is 8.26. The third-order valence-electron chi connectivity index (χ3n) is 5.66. The van der Waals surface area contributed by atoms with Crippen LogP contribution in [0.4, 0.5) is 23.1 Å². The highest BCUT2D eigenvalue weighted by atomic mass is 32.2. The second-order valence-corrected chi connectivity index (χ2v) is 9.31. The van der Waals surface area contributed by atoms with Gasteiger partial charge >= 0.3 is 0 Å². The van der Waals surface area contributed by atoms with Gasteiger partial charge in [-0.1, -0.05) is 6.92 Å². The van der Waals surface area contributed by atoms with Crippen molar-refractivity contribution in [1.82, 2.24) is 25.5 Å². The smallest absolute Gasteiger partial charge is 0.224 e. The summed E-state index contributed by atoms with van der Waals surface area (Å²) in [7, 11) is 0. The lowest BCUT2D eigenvalue weighted by molar-refractivity contribution is -0.115. The molecule has 3 heterocycles. The zero-order valence-electron chi connectivity index (χ0n) is 18.6. The maximum Gasteiger partial charge on any atom is 0.224 e. The minimum absolute atomic E-state index is 0.00169. The van der Waals surface area contributed by atoms with Crippen LogP contribution in [0.25, 0.3) is 0 Å². The number of piperazine rings is 1. The van der Waals surface area contributed by atoms with E-state index < -0.39 is 0 Å². The van der Waals surface area contributed by atoms with E-state index in [1.807, 2.05) is 37.3 Å². The van der Waals surface area contributed by atoms with Gasteiger partial charge in [-0.2, -0.15) is 5.10 Å². The minimum Gasteiger partial charge on any atom is -0.354 e. The normalized spacial score (nSPS) is 16.0. The SMILES string of the molecule is CCC(=O)Nc1ccc(Sc2nc(Nc3cc(C4CC4)n[nH]3)cc(N3CCNCC3)n2)cc1. The van der Waals surface area contributed by atoms with Crippen LogP contribution in [0, 0.1) is 0 Å². The fourth-order valence-electron chi connectivity index (χ4n) is 3.67. The van der Waals surface area contributed by atoms with Gasteiger partial charge in [0.05, 0.1) is 5.69 Å². The average molecular weight is 465 g/mol. The van der Waals surface area contributed by atoms with Gasteiger partial charge in [-0.3, -0.25) is 9.89 Å². The van der Waals surface area contributed by atoms with Crippen LogP contribution in [0.3, 0.4) is 0 Å². The molecule has 0 spiro atoms. The van der Waals surface area contributed by atoms with E-state index in [-0.39, 0.29) is 5.91 Å². The summed E-state index contributed by atoms with van der Waals surface area (Å²) in [6, 6.07) is 11.8. The Morgan fingerprint density at radius 1 is 1.15 bits per heavy atom. The number of rotatable bonds is 8. The van der Waals surface area contributed by atoms with Gasteiger partial charge in [-0.25, -0.2) is 9.97 Å². The minimum atomic E-state index is 0.00169. The molecule has 1 saturated heterocycles. The van der Waals surface area contributed by atoms with Crippen LogP contribution in [0.15, 0.2) is 46.5 Å². The number of hydrogen-bond acceptors (Lipinski definition) is 8. The molecule has 1 aliphatic carbocycles. The van der Waals surface area contributed by atoms with Crippen LogP contribution in [0.1, 0.15) is 37.8 Å². The summed E-state index contributed by atoms with van der Waals surface area (Å²) in [6.45, 7) is 5.52. The van der Waals surface area contributed by atoms with Crippen molar-refractivity contribution in [3.05, 3.63) is 42.1 Å². The predicted octanol–water partition coefficient (Wildman–Crippen LogP) is 3.73. The Labute approximate surface area is 197 Å². The fourth-order valence-corrected chi connectivity index (χ4v) is 4.43. The number of benzene rings is 1. The van der Waals surface area contributed by atoms with Crippen LogP contribution >= 0.6 is 11.8 Å². The molecule has 0 bridgehead atoms. The molecule has 1 aliphatic heterocycles. The van der Waals surface area contributed by atoms with Crippen molar-refractivity contribution < 1.29 is 4.79 Å². The summed E-state index contributed by atoms with van der Waals surface area (Å²) in [4.78, 5) is 24.5. The van der Waals surface area contributed by atoms with Gasteiger partial charge in [0.15, 0.2) is 5.16 Å². The van der Waals surface area contributed by atoms with E-state index in [1.54, 1.807) is 0 Å². The van der Waals surface area contributed by atoms with Gasteiger partial charge in [0.1, 0.15) is 17.5 Å². The topological polar surface area (TPSA) is 111 Å².